The minimum atomic E-state index is -3.84. The highest BCUT2D eigenvalue weighted by molar-refractivity contribution is 8.00. The van der Waals surface area contributed by atoms with Gasteiger partial charge < -0.3 is 0 Å². The van der Waals surface area contributed by atoms with Gasteiger partial charge in [0, 0.05) is 37.6 Å². The molecule has 8 nitrogen and oxygen atoms in total. The van der Waals surface area contributed by atoms with E-state index in [0.717, 1.165) is 49.9 Å². The van der Waals surface area contributed by atoms with Gasteiger partial charge in [-0.15, -0.1) is 11.8 Å². The van der Waals surface area contributed by atoms with E-state index in [1.54, 1.807) is 35.3 Å². The molecule has 0 spiro atoms. The second kappa shape index (κ2) is 15.8. The molecule has 3 fully saturated rings. The van der Waals surface area contributed by atoms with E-state index < -0.39 is 22.0 Å². The van der Waals surface area contributed by atoms with Gasteiger partial charge in [-0.05, 0) is 55.1 Å². The Morgan fingerprint density at radius 1 is 0.930 bits per heavy atom. The van der Waals surface area contributed by atoms with Gasteiger partial charge in [0.2, 0.25) is 15.9 Å². The van der Waals surface area contributed by atoms with Crippen molar-refractivity contribution in [3.63, 3.8) is 0 Å². The predicted molar refractivity (Wildman–Crippen MR) is 175 cm³/mol. The summed E-state index contributed by atoms with van der Waals surface area (Å²) >= 11 is 3.26. The first kappa shape index (κ1) is 32.3. The molecule has 11 heteroatoms. The van der Waals surface area contributed by atoms with E-state index in [0.29, 0.717) is 12.2 Å². The van der Waals surface area contributed by atoms with E-state index in [-0.39, 0.29) is 22.7 Å². The summed E-state index contributed by atoms with van der Waals surface area (Å²) < 4.78 is 28.1. The summed E-state index contributed by atoms with van der Waals surface area (Å²) in [5, 5.41) is 1.56. The van der Waals surface area contributed by atoms with Crippen LogP contribution in [0.15, 0.2) is 65.6 Å². The standard InChI is InChI=1S/C32H44N4O4S3/c37-31(18-21-41-23-27-12-6-2-7-13-27)36(28-16-19-34(20-17-28)22-26-10-4-1-5-11-26)33-32(38)30-24-42-25-35(30)43(39,40)29-14-8-3-9-15-29/h1,3-5,8-11,14-15,27-28,30H,2,6-7,12-13,16-25H2,(H,33,38)/t30-/m0/s1. The largest absolute Gasteiger partial charge is 0.299 e. The summed E-state index contributed by atoms with van der Waals surface area (Å²) in [5.41, 5.74) is 4.19. The van der Waals surface area contributed by atoms with Gasteiger partial charge in [-0.2, -0.15) is 16.1 Å². The minimum absolute atomic E-state index is 0.0888. The van der Waals surface area contributed by atoms with Gasteiger partial charge in [0.25, 0.3) is 5.91 Å². The topological polar surface area (TPSA) is 90.0 Å². The summed E-state index contributed by atoms with van der Waals surface area (Å²) in [5.74, 6) is 2.60. The Labute approximate surface area is 265 Å². The zero-order chi connectivity index (χ0) is 30.1. The maximum Gasteiger partial charge on any atom is 0.257 e. The molecule has 2 aliphatic heterocycles. The Morgan fingerprint density at radius 2 is 1.60 bits per heavy atom. The van der Waals surface area contributed by atoms with Crippen LogP contribution in [0, 0.1) is 5.92 Å². The SMILES string of the molecule is O=C(NN(C(=O)CCSCC1CCCCC1)C1CCN(Cc2ccccc2)CC1)[C@@H]1CSCN1S(=O)(=O)c1ccccc1. The number of piperidine rings is 1. The molecule has 1 saturated carbocycles. The van der Waals surface area contributed by atoms with Gasteiger partial charge in [-0.3, -0.25) is 24.9 Å². The highest BCUT2D eigenvalue weighted by atomic mass is 32.2. The first-order valence-electron chi connectivity index (χ1n) is 15.5. The Bertz CT molecular complexity index is 1280. The number of carbonyl (C=O) groups excluding carboxylic acids is 2. The van der Waals surface area contributed by atoms with Gasteiger partial charge >= 0.3 is 0 Å². The highest BCUT2D eigenvalue weighted by Crippen LogP contribution is 2.30. The van der Waals surface area contributed by atoms with Crippen LogP contribution in [0.3, 0.4) is 0 Å². The van der Waals surface area contributed by atoms with Crippen molar-refractivity contribution in [1.29, 1.82) is 0 Å². The molecule has 0 aromatic heterocycles. The van der Waals surface area contributed by atoms with Crippen molar-refractivity contribution >= 4 is 45.4 Å². The molecular formula is C32H44N4O4S3. The average molecular weight is 645 g/mol. The summed E-state index contributed by atoms with van der Waals surface area (Å²) in [4.78, 5) is 29.9. The van der Waals surface area contributed by atoms with Crippen LogP contribution in [0.4, 0.5) is 0 Å². The van der Waals surface area contributed by atoms with Crippen molar-refractivity contribution in [1.82, 2.24) is 19.6 Å². The first-order chi connectivity index (χ1) is 20.9. The third-order valence-corrected chi connectivity index (χ3v) is 12.9. The third kappa shape index (κ3) is 8.78. The summed E-state index contributed by atoms with van der Waals surface area (Å²) in [6.07, 6.45) is 8.38. The fraction of sp³-hybridized carbons (Fsp3) is 0.562. The van der Waals surface area contributed by atoms with E-state index in [4.69, 9.17) is 0 Å². The van der Waals surface area contributed by atoms with Crippen molar-refractivity contribution < 1.29 is 18.0 Å². The highest BCUT2D eigenvalue weighted by Gasteiger charge is 2.41. The molecule has 234 valence electrons. The van der Waals surface area contributed by atoms with Crippen LogP contribution in [-0.2, 0) is 26.2 Å². The maximum absolute atomic E-state index is 13.7. The molecule has 2 saturated heterocycles. The molecule has 2 aromatic carbocycles. The van der Waals surface area contributed by atoms with Crippen LogP contribution in [-0.4, -0.2) is 82.8 Å². The van der Waals surface area contributed by atoms with Crippen LogP contribution in [0.5, 0.6) is 0 Å². The second-order valence-corrected chi connectivity index (χ2v) is 15.8. The lowest BCUT2D eigenvalue weighted by Gasteiger charge is -2.39. The number of benzene rings is 2. The molecule has 3 aliphatic rings. The Morgan fingerprint density at radius 3 is 2.30 bits per heavy atom. The maximum atomic E-state index is 13.7. The number of nitrogens with zero attached hydrogens (tertiary/aromatic N) is 3. The van der Waals surface area contributed by atoms with Gasteiger partial charge in [0.05, 0.1) is 16.8 Å². The summed E-state index contributed by atoms with van der Waals surface area (Å²) in [6, 6.07) is 17.6. The summed E-state index contributed by atoms with van der Waals surface area (Å²) in [7, 11) is -3.84. The van der Waals surface area contributed by atoms with Crippen LogP contribution >= 0.6 is 23.5 Å². The molecule has 0 unspecified atom stereocenters. The van der Waals surface area contributed by atoms with Crippen molar-refractivity contribution in [2.75, 3.05) is 36.2 Å². The number of sulfonamides is 1. The smallest absolute Gasteiger partial charge is 0.257 e. The lowest BCUT2D eigenvalue weighted by atomic mass is 9.91. The van der Waals surface area contributed by atoms with E-state index in [1.165, 1.54) is 53.7 Å². The lowest BCUT2D eigenvalue weighted by molar-refractivity contribution is -0.146. The minimum Gasteiger partial charge on any atom is -0.299 e. The fourth-order valence-corrected chi connectivity index (χ4v) is 10.5. The Hall–Kier alpha value is -2.05. The third-order valence-electron chi connectivity index (χ3n) is 8.70. The zero-order valence-corrected chi connectivity index (χ0v) is 27.3. The summed E-state index contributed by atoms with van der Waals surface area (Å²) in [6.45, 7) is 2.50. The van der Waals surface area contributed by atoms with Crippen molar-refractivity contribution in [2.24, 2.45) is 5.92 Å². The fourth-order valence-electron chi connectivity index (χ4n) is 6.21. The molecule has 1 aliphatic carbocycles. The number of rotatable bonds is 11. The average Bonchev–Trinajstić information content (AvgIpc) is 3.55. The number of hydrogen-bond acceptors (Lipinski definition) is 7. The molecule has 2 amide bonds. The van der Waals surface area contributed by atoms with E-state index >= 15 is 0 Å². The molecule has 43 heavy (non-hydrogen) atoms. The number of likely N-dealkylation sites (tertiary alicyclic amines) is 1. The molecule has 1 atom stereocenters. The molecule has 0 radical (unpaired) electrons. The van der Waals surface area contributed by atoms with Crippen molar-refractivity contribution in [3.05, 3.63) is 66.2 Å². The van der Waals surface area contributed by atoms with Gasteiger partial charge in [-0.1, -0.05) is 67.8 Å². The van der Waals surface area contributed by atoms with Gasteiger partial charge in [0.15, 0.2) is 0 Å². The Kier molecular flexibility index (Phi) is 11.9. The van der Waals surface area contributed by atoms with E-state index in [2.05, 4.69) is 22.5 Å². The number of hydrazine groups is 1. The zero-order valence-electron chi connectivity index (χ0n) is 24.8. The molecule has 2 heterocycles. The number of amides is 2. The van der Waals surface area contributed by atoms with E-state index in [9.17, 15) is 18.0 Å². The number of hydrogen-bond donors (Lipinski definition) is 1. The quantitative estimate of drug-likeness (QED) is 0.273. The molecule has 2 aromatic rings. The Balaban J connectivity index is 1.23. The molecule has 5 rings (SSSR count). The van der Waals surface area contributed by atoms with Crippen LogP contribution in [0.25, 0.3) is 0 Å². The van der Waals surface area contributed by atoms with Crippen molar-refractivity contribution in [3.8, 4) is 0 Å². The molecular weight excluding hydrogens is 601 g/mol. The van der Waals surface area contributed by atoms with Gasteiger partial charge in [0.1, 0.15) is 6.04 Å². The number of carbonyl (C=O) groups is 2. The van der Waals surface area contributed by atoms with E-state index in [1.807, 2.05) is 30.0 Å². The van der Waals surface area contributed by atoms with Crippen LogP contribution < -0.4 is 5.43 Å². The predicted octanol–water partition coefficient (Wildman–Crippen LogP) is 4.98. The second-order valence-electron chi connectivity index (χ2n) is 11.8. The number of nitrogens with one attached hydrogen (secondary N) is 1. The lowest BCUT2D eigenvalue weighted by Crippen LogP contribution is -2.59. The van der Waals surface area contributed by atoms with Crippen LogP contribution in [0.1, 0.15) is 56.9 Å². The molecule has 0 bridgehead atoms. The van der Waals surface area contributed by atoms with Gasteiger partial charge in [-0.25, -0.2) is 8.42 Å². The first-order valence-corrected chi connectivity index (χ1v) is 19.3. The van der Waals surface area contributed by atoms with Crippen molar-refractivity contribution in [2.45, 2.75) is 74.9 Å². The monoisotopic (exact) mass is 644 g/mol. The number of thioether (sulfide) groups is 2. The normalized spacial score (nSPS) is 21.1. The van der Waals surface area contributed by atoms with Crippen LogP contribution in [0.2, 0.25) is 0 Å². The molecule has 1 N–H and O–H groups in total.